The van der Waals surface area contributed by atoms with Gasteiger partial charge in [-0.25, -0.2) is 4.68 Å². The molecule has 0 saturated heterocycles. The topological polar surface area (TPSA) is 67.5 Å². The van der Waals surface area contributed by atoms with Gasteiger partial charge in [0.2, 0.25) is 0 Å². The molecule has 1 aromatic heterocycles. The molecule has 2 aromatic carbocycles. The molecule has 1 atom stereocenters. The molecule has 138 valence electrons. The Morgan fingerprint density at radius 3 is 2.56 bits per heavy atom. The van der Waals surface area contributed by atoms with Crippen LogP contribution in [0, 0.1) is 6.92 Å². The molecule has 27 heavy (non-hydrogen) atoms. The lowest BCUT2D eigenvalue weighted by atomic mass is 9.83. The molecule has 0 bridgehead atoms. The number of hydrogen-bond acceptors (Lipinski definition) is 4. The van der Waals surface area contributed by atoms with Crippen molar-refractivity contribution in [2.45, 2.75) is 19.3 Å². The van der Waals surface area contributed by atoms with Crippen LogP contribution in [0.4, 0.5) is 0 Å². The molecule has 0 fully saturated rings. The Hall–Kier alpha value is -2.73. The highest BCUT2D eigenvalue weighted by molar-refractivity contribution is 9.10. The molecule has 0 saturated carbocycles. The maximum absolute atomic E-state index is 12.4. The zero-order valence-corrected chi connectivity index (χ0v) is 16.7. The zero-order chi connectivity index (χ0) is 19.4. The lowest BCUT2D eigenvalue weighted by Gasteiger charge is -2.21. The Labute approximate surface area is 166 Å². The van der Waals surface area contributed by atoms with E-state index in [4.69, 9.17) is 0 Å². The van der Waals surface area contributed by atoms with Gasteiger partial charge in [0.05, 0.1) is 11.3 Å². The molecule has 0 unspecified atom stereocenters. The molecule has 0 radical (unpaired) electrons. The zero-order valence-electron chi connectivity index (χ0n) is 15.1. The van der Waals surface area contributed by atoms with E-state index >= 15 is 0 Å². The van der Waals surface area contributed by atoms with Crippen LogP contribution >= 0.6 is 15.9 Å². The Bertz CT molecular complexity index is 1030. The van der Waals surface area contributed by atoms with Gasteiger partial charge in [0.1, 0.15) is 0 Å². The molecule has 1 heterocycles. The molecule has 5 nitrogen and oxygen atoms in total. The first-order valence-corrected chi connectivity index (χ1v) is 9.35. The standard InChI is InChI=1S/C21H20BrN3O2/c1-14-5-3-4-6-17(14)19(15-7-9-16(22)10-8-15)13-20(24-27)18-11-12-23-25(2)21(18)26/h3-12,19,27H,13H2,1-2H3/b24-20+/t19-/m0/s1. The van der Waals surface area contributed by atoms with Gasteiger partial charge in [-0.2, -0.15) is 5.10 Å². The Balaban J connectivity index is 2.08. The van der Waals surface area contributed by atoms with Crippen molar-refractivity contribution in [3.63, 3.8) is 0 Å². The largest absolute Gasteiger partial charge is 0.411 e. The number of nitrogens with zero attached hydrogens (tertiary/aromatic N) is 3. The molecule has 0 spiro atoms. The number of halogens is 1. The monoisotopic (exact) mass is 425 g/mol. The van der Waals surface area contributed by atoms with E-state index in [-0.39, 0.29) is 11.5 Å². The fourth-order valence-corrected chi connectivity index (χ4v) is 3.47. The Kier molecular flexibility index (Phi) is 5.86. The van der Waals surface area contributed by atoms with Crippen LogP contribution in [0.25, 0.3) is 0 Å². The molecular weight excluding hydrogens is 406 g/mol. The molecule has 1 N–H and O–H groups in total. The fraction of sp³-hybridized carbons (Fsp3) is 0.190. The first-order chi connectivity index (χ1) is 13.0. The third-order valence-electron chi connectivity index (χ3n) is 4.67. The van der Waals surface area contributed by atoms with Crippen molar-refractivity contribution < 1.29 is 5.21 Å². The van der Waals surface area contributed by atoms with Crippen LogP contribution in [-0.2, 0) is 7.05 Å². The first kappa shape index (κ1) is 19.0. The van der Waals surface area contributed by atoms with Gasteiger partial charge in [0.15, 0.2) is 0 Å². The minimum absolute atomic E-state index is 0.0527. The molecular formula is C21H20BrN3O2. The average molecular weight is 426 g/mol. The van der Waals surface area contributed by atoms with Crippen molar-refractivity contribution in [2.75, 3.05) is 0 Å². The lowest BCUT2D eigenvalue weighted by molar-refractivity contribution is 0.317. The third kappa shape index (κ3) is 4.17. The number of benzene rings is 2. The highest BCUT2D eigenvalue weighted by Crippen LogP contribution is 2.32. The van der Waals surface area contributed by atoms with E-state index in [1.165, 1.54) is 10.9 Å². The van der Waals surface area contributed by atoms with Gasteiger partial charge < -0.3 is 5.21 Å². The summed E-state index contributed by atoms with van der Waals surface area (Å²) >= 11 is 3.47. The minimum atomic E-state index is -0.287. The quantitative estimate of drug-likeness (QED) is 0.377. The summed E-state index contributed by atoms with van der Waals surface area (Å²) in [7, 11) is 1.58. The van der Waals surface area contributed by atoms with E-state index in [9.17, 15) is 10.0 Å². The van der Waals surface area contributed by atoms with Crippen molar-refractivity contribution in [1.29, 1.82) is 0 Å². The second kappa shape index (κ2) is 8.31. The van der Waals surface area contributed by atoms with Crippen LogP contribution in [0.2, 0.25) is 0 Å². The number of rotatable bonds is 5. The van der Waals surface area contributed by atoms with E-state index < -0.39 is 0 Å². The molecule has 0 aliphatic rings. The maximum atomic E-state index is 12.4. The summed E-state index contributed by atoms with van der Waals surface area (Å²) in [5, 5.41) is 17.1. The van der Waals surface area contributed by atoms with Crippen LogP contribution in [0.3, 0.4) is 0 Å². The summed E-state index contributed by atoms with van der Waals surface area (Å²) in [6.45, 7) is 2.06. The third-order valence-corrected chi connectivity index (χ3v) is 5.20. The smallest absolute Gasteiger partial charge is 0.275 e. The summed E-state index contributed by atoms with van der Waals surface area (Å²) < 4.78 is 2.23. The van der Waals surface area contributed by atoms with Crippen molar-refractivity contribution in [3.05, 3.63) is 97.9 Å². The molecule has 0 amide bonds. The molecule has 3 aromatic rings. The highest BCUT2D eigenvalue weighted by atomic mass is 79.9. The normalized spacial score (nSPS) is 12.8. The Morgan fingerprint density at radius 1 is 1.19 bits per heavy atom. The lowest BCUT2D eigenvalue weighted by Crippen LogP contribution is -2.27. The van der Waals surface area contributed by atoms with Crippen LogP contribution in [-0.4, -0.2) is 20.7 Å². The van der Waals surface area contributed by atoms with Crippen molar-refractivity contribution in [1.82, 2.24) is 9.78 Å². The average Bonchev–Trinajstić information content (AvgIpc) is 2.67. The van der Waals surface area contributed by atoms with Gasteiger partial charge in [0, 0.05) is 30.1 Å². The first-order valence-electron chi connectivity index (χ1n) is 8.56. The number of hydrogen-bond donors (Lipinski definition) is 1. The molecule has 6 heteroatoms. The van der Waals surface area contributed by atoms with E-state index in [0.717, 1.165) is 21.2 Å². The minimum Gasteiger partial charge on any atom is -0.411 e. The van der Waals surface area contributed by atoms with Crippen LogP contribution in [0.15, 0.2) is 75.2 Å². The molecule has 0 aliphatic heterocycles. The van der Waals surface area contributed by atoms with Gasteiger partial charge in [-0.3, -0.25) is 4.79 Å². The summed E-state index contributed by atoms with van der Waals surface area (Å²) in [6.07, 6.45) is 1.92. The maximum Gasteiger partial charge on any atom is 0.275 e. The molecule has 3 rings (SSSR count). The number of oxime groups is 1. The summed E-state index contributed by atoms with van der Waals surface area (Å²) in [6, 6.07) is 17.8. The van der Waals surface area contributed by atoms with Gasteiger partial charge in [-0.05, 0) is 41.8 Å². The van der Waals surface area contributed by atoms with E-state index in [1.54, 1.807) is 13.1 Å². The van der Waals surface area contributed by atoms with Gasteiger partial charge in [-0.15, -0.1) is 0 Å². The molecule has 0 aliphatic carbocycles. The van der Waals surface area contributed by atoms with Crippen LogP contribution in [0.5, 0.6) is 0 Å². The van der Waals surface area contributed by atoms with Crippen molar-refractivity contribution in [3.8, 4) is 0 Å². The van der Waals surface area contributed by atoms with Gasteiger partial charge in [0.25, 0.3) is 5.56 Å². The van der Waals surface area contributed by atoms with E-state index in [2.05, 4.69) is 45.2 Å². The van der Waals surface area contributed by atoms with Crippen LogP contribution in [0.1, 0.15) is 34.6 Å². The van der Waals surface area contributed by atoms with Gasteiger partial charge in [-0.1, -0.05) is 57.5 Å². The predicted octanol–water partition coefficient (Wildman–Crippen LogP) is 4.25. The van der Waals surface area contributed by atoms with Gasteiger partial charge >= 0.3 is 0 Å². The van der Waals surface area contributed by atoms with Crippen molar-refractivity contribution >= 4 is 21.6 Å². The van der Waals surface area contributed by atoms with E-state index in [0.29, 0.717) is 17.7 Å². The van der Waals surface area contributed by atoms with Crippen LogP contribution < -0.4 is 5.56 Å². The second-order valence-corrected chi connectivity index (χ2v) is 7.30. The Morgan fingerprint density at radius 2 is 1.89 bits per heavy atom. The predicted molar refractivity (Wildman–Crippen MR) is 110 cm³/mol. The second-order valence-electron chi connectivity index (χ2n) is 6.39. The van der Waals surface area contributed by atoms with E-state index in [1.807, 2.05) is 36.4 Å². The SMILES string of the molecule is Cc1ccccc1[C@@H](C/C(=N\O)c1ccnn(C)c1=O)c1ccc(Br)cc1. The highest BCUT2D eigenvalue weighted by Gasteiger charge is 2.22. The number of aryl methyl sites for hydroxylation is 2. The number of aromatic nitrogens is 2. The van der Waals surface area contributed by atoms with Crippen molar-refractivity contribution in [2.24, 2.45) is 12.2 Å². The summed E-state index contributed by atoms with van der Waals surface area (Å²) in [5.74, 6) is -0.0527. The fourth-order valence-electron chi connectivity index (χ4n) is 3.20. The summed E-state index contributed by atoms with van der Waals surface area (Å²) in [5.41, 5.74) is 3.77. The summed E-state index contributed by atoms with van der Waals surface area (Å²) in [4.78, 5) is 12.4.